The van der Waals surface area contributed by atoms with Gasteiger partial charge in [-0.15, -0.1) is 11.6 Å². The summed E-state index contributed by atoms with van der Waals surface area (Å²) in [5, 5.41) is 2.47. The van der Waals surface area contributed by atoms with E-state index in [4.69, 9.17) is 11.6 Å². The zero-order valence-corrected chi connectivity index (χ0v) is 11.9. The third-order valence-electron chi connectivity index (χ3n) is 3.00. The molecule has 1 rings (SSSR count). The van der Waals surface area contributed by atoms with Gasteiger partial charge in [0, 0.05) is 24.6 Å². The molecule has 0 saturated carbocycles. The largest absolute Gasteiger partial charge is 0.352 e. The van der Waals surface area contributed by atoms with E-state index in [2.05, 4.69) is 5.32 Å². The number of nitrogens with one attached hydrogen (secondary N) is 1. The van der Waals surface area contributed by atoms with Crippen molar-refractivity contribution in [2.75, 3.05) is 12.4 Å². The van der Waals surface area contributed by atoms with Crippen LogP contribution in [0.2, 0.25) is 0 Å². The van der Waals surface area contributed by atoms with Crippen LogP contribution in [0.3, 0.4) is 0 Å². The second-order valence-electron chi connectivity index (χ2n) is 4.59. The number of benzene rings is 1. The van der Waals surface area contributed by atoms with Gasteiger partial charge in [-0.25, -0.2) is 13.2 Å². The topological polar surface area (TPSA) is 29.1 Å². The molecule has 112 valence electrons. The third-order valence-corrected chi connectivity index (χ3v) is 3.22. The first kappa shape index (κ1) is 16.8. The molecule has 0 aliphatic carbocycles. The first-order valence-electron chi connectivity index (χ1n) is 6.48. The van der Waals surface area contributed by atoms with Crippen LogP contribution in [0, 0.1) is 23.4 Å². The van der Waals surface area contributed by atoms with E-state index in [1.165, 1.54) is 0 Å². The highest BCUT2D eigenvalue weighted by Gasteiger charge is 2.19. The Bertz CT molecular complexity index is 439. The molecule has 0 aromatic heterocycles. The molecule has 2 nitrogen and oxygen atoms in total. The van der Waals surface area contributed by atoms with Crippen LogP contribution >= 0.6 is 11.6 Å². The van der Waals surface area contributed by atoms with Gasteiger partial charge < -0.3 is 5.32 Å². The van der Waals surface area contributed by atoms with Gasteiger partial charge in [0.2, 0.25) is 0 Å². The minimum absolute atomic E-state index is 0.160. The van der Waals surface area contributed by atoms with Crippen LogP contribution in [0.5, 0.6) is 0 Å². The fraction of sp³-hybridized carbons (Fsp3) is 0.500. The van der Waals surface area contributed by atoms with Crippen molar-refractivity contribution < 1.29 is 18.0 Å². The van der Waals surface area contributed by atoms with Crippen LogP contribution < -0.4 is 5.32 Å². The average molecular weight is 308 g/mol. The summed E-state index contributed by atoms with van der Waals surface area (Å²) in [6.07, 6.45) is 2.50. The summed E-state index contributed by atoms with van der Waals surface area (Å²) in [7, 11) is 0. The lowest BCUT2D eigenvalue weighted by Gasteiger charge is -2.16. The normalized spacial score (nSPS) is 12.2. The highest BCUT2D eigenvalue weighted by molar-refractivity contribution is 6.17. The molecule has 0 bridgehead atoms. The number of amides is 1. The number of halogens is 4. The first-order valence-corrected chi connectivity index (χ1v) is 7.01. The van der Waals surface area contributed by atoms with Crippen molar-refractivity contribution in [1.82, 2.24) is 5.32 Å². The molecule has 1 unspecified atom stereocenters. The number of rotatable bonds is 7. The molecule has 0 aliphatic heterocycles. The number of carbonyl (C=O) groups excluding carboxylic acids is 1. The molecule has 1 N–H and O–H groups in total. The van der Waals surface area contributed by atoms with Gasteiger partial charge in [0.15, 0.2) is 0 Å². The smallest absolute Gasteiger partial charge is 0.257 e. The first-order chi connectivity index (χ1) is 9.49. The van der Waals surface area contributed by atoms with Crippen LogP contribution in [-0.4, -0.2) is 18.3 Å². The van der Waals surface area contributed by atoms with Crippen LogP contribution in [0.4, 0.5) is 13.2 Å². The monoisotopic (exact) mass is 307 g/mol. The highest BCUT2D eigenvalue weighted by atomic mass is 35.5. The molecule has 6 heteroatoms. The fourth-order valence-electron chi connectivity index (χ4n) is 2.00. The van der Waals surface area contributed by atoms with Gasteiger partial charge in [0.05, 0.1) is 0 Å². The van der Waals surface area contributed by atoms with E-state index in [1.807, 2.05) is 6.92 Å². The van der Waals surface area contributed by atoms with Crippen molar-refractivity contribution in [3.05, 3.63) is 35.1 Å². The van der Waals surface area contributed by atoms with Crippen molar-refractivity contribution in [2.24, 2.45) is 5.92 Å². The van der Waals surface area contributed by atoms with E-state index in [-0.39, 0.29) is 12.5 Å². The summed E-state index contributed by atoms with van der Waals surface area (Å²) in [4.78, 5) is 11.8. The quantitative estimate of drug-likeness (QED) is 0.761. The Morgan fingerprint density at radius 1 is 1.25 bits per heavy atom. The molecule has 0 fully saturated rings. The SMILES string of the molecule is CCCC(CCCl)CNC(=O)c1c(F)cc(F)cc1F. The molecule has 1 aromatic carbocycles. The van der Waals surface area contributed by atoms with E-state index >= 15 is 0 Å². The lowest BCUT2D eigenvalue weighted by molar-refractivity contribution is 0.0937. The van der Waals surface area contributed by atoms with Crippen molar-refractivity contribution in [3.63, 3.8) is 0 Å². The van der Waals surface area contributed by atoms with Crippen LogP contribution in [0.1, 0.15) is 36.5 Å². The predicted octanol–water partition coefficient (Wildman–Crippen LogP) is 3.88. The zero-order valence-electron chi connectivity index (χ0n) is 11.2. The van der Waals surface area contributed by atoms with Gasteiger partial charge in [0.25, 0.3) is 5.91 Å². The zero-order chi connectivity index (χ0) is 15.1. The minimum Gasteiger partial charge on any atom is -0.352 e. The van der Waals surface area contributed by atoms with Crippen molar-refractivity contribution in [2.45, 2.75) is 26.2 Å². The molecule has 0 saturated heterocycles. The Labute approximate surface area is 121 Å². The summed E-state index contributed by atoms with van der Waals surface area (Å²) in [6, 6.07) is 0.973. The fourth-order valence-corrected chi connectivity index (χ4v) is 2.30. The van der Waals surface area contributed by atoms with Crippen molar-refractivity contribution in [3.8, 4) is 0 Å². The summed E-state index contributed by atoms with van der Waals surface area (Å²) >= 11 is 5.66. The molecule has 1 amide bonds. The molecular formula is C14H17ClF3NO. The van der Waals surface area contributed by atoms with Crippen LogP contribution in [0.15, 0.2) is 12.1 Å². The molecule has 20 heavy (non-hydrogen) atoms. The summed E-state index contributed by atoms with van der Waals surface area (Å²) in [5.74, 6) is -3.72. The Morgan fingerprint density at radius 3 is 2.35 bits per heavy atom. The van der Waals surface area contributed by atoms with Crippen LogP contribution in [-0.2, 0) is 0 Å². The maximum absolute atomic E-state index is 13.4. The van der Waals surface area contributed by atoms with Gasteiger partial charge in [-0.05, 0) is 18.8 Å². The van der Waals surface area contributed by atoms with E-state index in [0.717, 1.165) is 12.8 Å². The Balaban J connectivity index is 2.71. The van der Waals surface area contributed by atoms with Gasteiger partial charge >= 0.3 is 0 Å². The Hall–Kier alpha value is -1.23. The average Bonchev–Trinajstić information content (AvgIpc) is 2.35. The molecule has 0 radical (unpaired) electrons. The summed E-state index contributed by atoms with van der Waals surface area (Å²) < 4.78 is 39.6. The van der Waals surface area contributed by atoms with Gasteiger partial charge in [-0.3, -0.25) is 4.79 Å². The molecule has 0 heterocycles. The lowest BCUT2D eigenvalue weighted by atomic mass is 10.0. The molecular weight excluding hydrogens is 291 g/mol. The lowest BCUT2D eigenvalue weighted by Crippen LogP contribution is -2.31. The summed E-state index contributed by atoms with van der Waals surface area (Å²) in [5.41, 5.74) is -0.757. The number of hydrogen-bond acceptors (Lipinski definition) is 1. The standard InChI is InChI=1S/C14H17ClF3NO/c1-2-3-9(4-5-15)8-19-14(20)13-11(17)6-10(16)7-12(13)18/h6-7,9H,2-5,8H2,1H3,(H,19,20). The van der Waals surface area contributed by atoms with Gasteiger partial charge in [-0.1, -0.05) is 13.3 Å². The Kier molecular flexibility index (Phi) is 6.85. The predicted molar refractivity (Wildman–Crippen MR) is 72.4 cm³/mol. The van der Waals surface area contributed by atoms with Crippen molar-refractivity contribution in [1.29, 1.82) is 0 Å². The van der Waals surface area contributed by atoms with E-state index in [0.29, 0.717) is 24.4 Å². The maximum Gasteiger partial charge on any atom is 0.257 e. The maximum atomic E-state index is 13.4. The second-order valence-corrected chi connectivity index (χ2v) is 4.96. The van der Waals surface area contributed by atoms with E-state index in [1.54, 1.807) is 0 Å². The number of hydrogen-bond donors (Lipinski definition) is 1. The van der Waals surface area contributed by atoms with E-state index in [9.17, 15) is 18.0 Å². The molecule has 0 spiro atoms. The Morgan fingerprint density at radius 2 is 1.85 bits per heavy atom. The highest BCUT2D eigenvalue weighted by Crippen LogP contribution is 2.16. The van der Waals surface area contributed by atoms with Crippen LogP contribution in [0.25, 0.3) is 0 Å². The summed E-state index contributed by atoms with van der Waals surface area (Å²) in [6.45, 7) is 2.29. The van der Waals surface area contributed by atoms with Gasteiger partial charge in [0.1, 0.15) is 23.0 Å². The van der Waals surface area contributed by atoms with Gasteiger partial charge in [-0.2, -0.15) is 0 Å². The molecule has 0 aliphatic rings. The number of carbonyl (C=O) groups is 1. The number of alkyl halides is 1. The molecule has 1 aromatic rings. The molecule has 1 atom stereocenters. The third kappa shape index (κ3) is 4.71. The second kappa shape index (κ2) is 8.15. The minimum atomic E-state index is -1.20. The van der Waals surface area contributed by atoms with Crippen molar-refractivity contribution >= 4 is 17.5 Å². The van der Waals surface area contributed by atoms with E-state index < -0.39 is 28.9 Å².